The molecule has 188 valence electrons. The van der Waals surface area contributed by atoms with Crippen molar-refractivity contribution in [3.63, 3.8) is 0 Å². The Labute approximate surface area is 207 Å². The molecule has 0 aliphatic heterocycles. The highest BCUT2D eigenvalue weighted by molar-refractivity contribution is 5.98. The molecular formula is C26H29N5O5. The minimum Gasteiger partial charge on any atom is -0.508 e. The largest absolute Gasteiger partial charge is 0.508 e. The quantitative estimate of drug-likeness (QED) is 0.257. The van der Waals surface area contributed by atoms with Crippen molar-refractivity contribution < 1.29 is 15.0 Å². The van der Waals surface area contributed by atoms with Crippen molar-refractivity contribution >= 4 is 16.9 Å². The van der Waals surface area contributed by atoms with E-state index in [9.17, 15) is 24.6 Å². The van der Waals surface area contributed by atoms with Gasteiger partial charge in [-0.25, -0.2) is 9.78 Å². The molecule has 0 aliphatic rings. The number of nitrogens with zero attached hydrogens (tertiary/aromatic N) is 5. The molecule has 0 spiro atoms. The maximum Gasteiger partial charge on any atom is 0.332 e. The summed E-state index contributed by atoms with van der Waals surface area (Å²) >= 11 is 0. The molecule has 0 saturated carbocycles. The Hall–Kier alpha value is -4.18. The first-order valence-electron chi connectivity index (χ1n) is 11.7. The number of phenols is 2. The molecular weight excluding hydrogens is 462 g/mol. The Bertz CT molecular complexity index is 1480. The molecule has 2 aromatic carbocycles. The van der Waals surface area contributed by atoms with Gasteiger partial charge in [0.2, 0.25) is 0 Å². The van der Waals surface area contributed by atoms with E-state index in [1.807, 2.05) is 35.2 Å². The highest BCUT2D eigenvalue weighted by Crippen LogP contribution is 2.21. The normalized spacial score (nSPS) is 11.4. The lowest BCUT2D eigenvalue weighted by molar-refractivity contribution is 0.0923. The van der Waals surface area contributed by atoms with Crippen molar-refractivity contribution in [1.82, 2.24) is 23.6 Å². The average molecular weight is 492 g/mol. The van der Waals surface area contributed by atoms with Gasteiger partial charge in [0.1, 0.15) is 11.5 Å². The van der Waals surface area contributed by atoms with Crippen LogP contribution in [0, 0.1) is 0 Å². The van der Waals surface area contributed by atoms with Crippen LogP contribution in [0.4, 0.5) is 0 Å². The number of aromatic hydroxyl groups is 2. The summed E-state index contributed by atoms with van der Waals surface area (Å²) in [5.41, 5.74) is 1.26. The summed E-state index contributed by atoms with van der Waals surface area (Å²) in [4.78, 5) is 44.0. The number of carbonyl (C=O) groups excluding carboxylic acids is 1. The zero-order chi connectivity index (χ0) is 25.8. The summed E-state index contributed by atoms with van der Waals surface area (Å²) in [5, 5.41) is 19.5. The van der Waals surface area contributed by atoms with E-state index in [1.54, 1.807) is 17.9 Å². The number of unbranched alkanes of at least 4 members (excludes halogenated alkanes) is 1. The highest BCUT2D eigenvalue weighted by atomic mass is 16.3. The van der Waals surface area contributed by atoms with Crippen LogP contribution in [0.1, 0.15) is 28.8 Å². The van der Waals surface area contributed by atoms with Crippen molar-refractivity contribution in [2.75, 3.05) is 13.1 Å². The first-order valence-corrected chi connectivity index (χ1v) is 11.7. The number of hydrogen-bond acceptors (Lipinski definition) is 7. The molecule has 0 bridgehead atoms. The second kappa shape index (κ2) is 10.6. The fraction of sp³-hybridized carbons (Fsp3) is 0.308. The van der Waals surface area contributed by atoms with Gasteiger partial charge >= 0.3 is 5.69 Å². The minimum atomic E-state index is -0.418. The molecule has 0 unspecified atom stereocenters. The standard InChI is InChI=1S/C26H29N5O5/c1-28-24-23(25(35)29(2)26(28)36)31(17-27-24)11-7-6-10-30(15-18-8-4-3-5-9-18)16-22(34)19-12-20(32)14-21(33)13-19/h3-5,8-9,12-14,17,32-33H,6-7,10-11,15-16H2,1-2H3. The number of fused-ring (bicyclic) bond motifs is 1. The van der Waals surface area contributed by atoms with Crippen molar-refractivity contribution in [3.05, 3.63) is 86.8 Å². The molecule has 0 atom stereocenters. The fourth-order valence-corrected chi connectivity index (χ4v) is 4.29. The SMILES string of the molecule is Cn1c(=O)c2c(ncn2CCCCN(CC(=O)c2cc(O)cc(O)c2)Cc2ccccc2)n(C)c1=O. The summed E-state index contributed by atoms with van der Waals surface area (Å²) in [6.45, 7) is 1.84. The summed E-state index contributed by atoms with van der Waals surface area (Å²) in [7, 11) is 3.04. The number of phenolic OH excluding ortho intramolecular Hbond substituents is 2. The third kappa shape index (κ3) is 5.38. The Morgan fingerprint density at radius 2 is 1.67 bits per heavy atom. The zero-order valence-corrected chi connectivity index (χ0v) is 20.3. The Balaban J connectivity index is 1.45. The number of benzene rings is 2. The third-order valence-corrected chi connectivity index (χ3v) is 6.18. The van der Waals surface area contributed by atoms with Gasteiger partial charge in [0, 0.05) is 38.8 Å². The van der Waals surface area contributed by atoms with Crippen LogP contribution in [0.5, 0.6) is 11.5 Å². The van der Waals surface area contributed by atoms with Crippen LogP contribution >= 0.6 is 0 Å². The molecule has 10 heteroatoms. The van der Waals surface area contributed by atoms with E-state index in [0.717, 1.165) is 23.0 Å². The van der Waals surface area contributed by atoms with Gasteiger partial charge in [-0.15, -0.1) is 0 Å². The average Bonchev–Trinajstić information content (AvgIpc) is 3.28. The Kier molecular flexibility index (Phi) is 7.35. The maximum absolute atomic E-state index is 12.9. The van der Waals surface area contributed by atoms with Crippen LogP contribution in [0.2, 0.25) is 0 Å². The number of imidazole rings is 1. The van der Waals surface area contributed by atoms with E-state index in [2.05, 4.69) is 4.98 Å². The lowest BCUT2D eigenvalue weighted by atomic mass is 10.1. The molecule has 36 heavy (non-hydrogen) atoms. The first-order chi connectivity index (χ1) is 17.2. The molecule has 10 nitrogen and oxygen atoms in total. The second-order valence-corrected chi connectivity index (χ2v) is 8.88. The molecule has 0 fully saturated rings. The first kappa shape index (κ1) is 24.9. The van der Waals surface area contributed by atoms with Crippen LogP contribution in [-0.2, 0) is 27.2 Å². The summed E-state index contributed by atoms with van der Waals surface area (Å²) in [5.74, 6) is -0.532. The van der Waals surface area contributed by atoms with Crippen molar-refractivity contribution in [2.45, 2.75) is 25.9 Å². The van der Waals surface area contributed by atoms with Gasteiger partial charge in [-0.2, -0.15) is 0 Å². The van der Waals surface area contributed by atoms with E-state index >= 15 is 0 Å². The van der Waals surface area contributed by atoms with Crippen LogP contribution in [0.15, 0.2) is 64.4 Å². The maximum atomic E-state index is 12.9. The van der Waals surface area contributed by atoms with Crippen LogP contribution in [0.3, 0.4) is 0 Å². The number of aryl methyl sites for hydroxylation is 2. The van der Waals surface area contributed by atoms with E-state index in [1.165, 1.54) is 29.8 Å². The number of ketones is 1. The third-order valence-electron chi connectivity index (χ3n) is 6.18. The number of carbonyl (C=O) groups is 1. The predicted molar refractivity (Wildman–Crippen MR) is 135 cm³/mol. The topological polar surface area (TPSA) is 123 Å². The zero-order valence-electron chi connectivity index (χ0n) is 20.3. The van der Waals surface area contributed by atoms with Gasteiger partial charge in [0.15, 0.2) is 16.9 Å². The lowest BCUT2D eigenvalue weighted by Gasteiger charge is -2.22. The summed E-state index contributed by atoms with van der Waals surface area (Å²) in [6.07, 6.45) is 3.05. The molecule has 4 rings (SSSR count). The van der Waals surface area contributed by atoms with E-state index in [0.29, 0.717) is 30.8 Å². The summed E-state index contributed by atoms with van der Waals surface area (Å²) < 4.78 is 4.20. The number of aromatic nitrogens is 4. The van der Waals surface area contributed by atoms with Crippen LogP contribution in [0.25, 0.3) is 11.2 Å². The van der Waals surface area contributed by atoms with Crippen molar-refractivity contribution in [3.8, 4) is 11.5 Å². The van der Waals surface area contributed by atoms with Crippen molar-refractivity contribution in [2.24, 2.45) is 14.1 Å². The predicted octanol–water partition coefficient (Wildman–Crippen LogP) is 2.01. The second-order valence-electron chi connectivity index (χ2n) is 8.88. The molecule has 0 aliphatic carbocycles. The van der Waals surface area contributed by atoms with E-state index < -0.39 is 5.69 Å². The number of hydrogen-bond donors (Lipinski definition) is 2. The molecule has 4 aromatic rings. The molecule has 0 amide bonds. The van der Waals surface area contributed by atoms with Gasteiger partial charge in [-0.1, -0.05) is 30.3 Å². The number of rotatable bonds is 10. The Morgan fingerprint density at radius 1 is 0.972 bits per heavy atom. The van der Waals surface area contributed by atoms with E-state index in [-0.39, 0.29) is 34.9 Å². The van der Waals surface area contributed by atoms with Crippen LogP contribution < -0.4 is 11.2 Å². The molecule has 0 radical (unpaired) electrons. The lowest BCUT2D eigenvalue weighted by Crippen LogP contribution is -2.37. The summed E-state index contributed by atoms with van der Waals surface area (Å²) in [6, 6.07) is 13.7. The smallest absolute Gasteiger partial charge is 0.332 e. The van der Waals surface area contributed by atoms with Gasteiger partial charge in [-0.05, 0) is 37.1 Å². The monoisotopic (exact) mass is 491 g/mol. The highest BCUT2D eigenvalue weighted by Gasteiger charge is 2.16. The fourth-order valence-electron chi connectivity index (χ4n) is 4.29. The van der Waals surface area contributed by atoms with Crippen molar-refractivity contribution in [1.29, 1.82) is 0 Å². The minimum absolute atomic E-state index is 0.119. The number of Topliss-reactive ketones (excluding diaryl/α,β-unsaturated/α-hetero) is 1. The molecule has 0 saturated heterocycles. The molecule has 2 N–H and O–H groups in total. The van der Waals surface area contributed by atoms with Crippen LogP contribution in [-0.4, -0.2) is 52.7 Å². The molecule has 2 aromatic heterocycles. The van der Waals surface area contributed by atoms with Gasteiger partial charge in [0.25, 0.3) is 5.56 Å². The van der Waals surface area contributed by atoms with E-state index in [4.69, 9.17) is 0 Å². The van der Waals surface area contributed by atoms with Gasteiger partial charge in [0.05, 0.1) is 12.9 Å². The van der Waals surface area contributed by atoms with Gasteiger partial charge in [-0.3, -0.25) is 23.6 Å². The van der Waals surface area contributed by atoms with Gasteiger partial charge < -0.3 is 14.8 Å². The Morgan fingerprint density at radius 3 is 2.36 bits per heavy atom. The molecule has 2 heterocycles.